The third-order valence-electron chi connectivity index (χ3n) is 2.69. The molecule has 4 nitrogen and oxygen atoms in total. The van der Waals surface area contributed by atoms with Crippen LogP contribution in [-0.4, -0.2) is 22.4 Å². The monoisotopic (exact) mass is 272 g/mol. The highest BCUT2D eigenvalue weighted by atomic mass is 32.2. The van der Waals surface area contributed by atoms with Gasteiger partial charge in [0, 0.05) is 23.2 Å². The molecule has 0 unspecified atom stereocenters. The molecule has 0 saturated heterocycles. The molecule has 98 valence electrons. The first-order valence-electron chi connectivity index (χ1n) is 5.87. The van der Waals surface area contributed by atoms with Crippen molar-refractivity contribution in [1.29, 1.82) is 0 Å². The van der Waals surface area contributed by atoms with Gasteiger partial charge in [-0.25, -0.2) is 4.68 Å². The second-order valence-corrected chi connectivity index (χ2v) is 4.91. The first-order valence-corrected chi connectivity index (χ1v) is 6.85. The lowest BCUT2D eigenvalue weighted by Gasteiger charge is -2.09. The molecule has 0 aliphatic heterocycles. The van der Waals surface area contributed by atoms with Gasteiger partial charge in [0.2, 0.25) is 0 Å². The number of benzene rings is 1. The number of aliphatic imine (C=N–C) groups is 1. The van der Waals surface area contributed by atoms with Crippen molar-refractivity contribution in [3.8, 4) is 5.69 Å². The zero-order chi connectivity index (χ0) is 13.7. The van der Waals surface area contributed by atoms with Gasteiger partial charge in [0.05, 0.1) is 11.4 Å². The lowest BCUT2D eigenvalue weighted by atomic mass is 10.2. The fourth-order valence-electron chi connectivity index (χ4n) is 1.74. The molecule has 0 amide bonds. The minimum Gasteiger partial charge on any atom is -0.322 e. The molecule has 0 saturated carbocycles. The molecule has 0 fully saturated rings. The Hall–Kier alpha value is -1.85. The van der Waals surface area contributed by atoms with Gasteiger partial charge in [0.15, 0.2) is 0 Å². The van der Waals surface area contributed by atoms with Gasteiger partial charge in [0.1, 0.15) is 0 Å². The van der Waals surface area contributed by atoms with E-state index in [1.165, 1.54) is 0 Å². The summed E-state index contributed by atoms with van der Waals surface area (Å²) >= 11 is 1.57. The van der Waals surface area contributed by atoms with Crippen molar-refractivity contribution in [2.24, 2.45) is 10.7 Å². The van der Waals surface area contributed by atoms with Crippen molar-refractivity contribution in [2.75, 3.05) is 5.88 Å². The van der Waals surface area contributed by atoms with E-state index in [0.29, 0.717) is 5.88 Å². The largest absolute Gasteiger partial charge is 0.322 e. The molecular formula is C14H16N4S. The third kappa shape index (κ3) is 3.13. The van der Waals surface area contributed by atoms with Crippen molar-refractivity contribution < 1.29 is 0 Å². The van der Waals surface area contributed by atoms with Crippen LogP contribution in [0, 0.1) is 0 Å². The maximum Gasteiger partial charge on any atom is 0.0645 e. The Labute approximate surface area is 117 Å². The molecule has 1 heterocycles. The summed E-state index contributed by atoms with van der Waals surface area (Å²) in [5, 5.41) is 4.20. The van der Waals surface area contributed by atoms with Crippen LogP contribution in [0.1, 0.15) is 12.5 Å². The minimum atomic E-state index is 0.517. The van der Waals surface area contributed by atoms with Crippen LogP contribution in [0.4, 0.5) is 0 Å². The standard InChI is InChI=1S/C14H16N4S/c1-11(16-2)14(19-10-15)12-4-6-13(7-5-12)18-9-3-8-17-18/h3-9H,2,10,15H2,1H3/b14-11-. The van der Waals surface area contributed by atoms with E-state index < -0.39 is 0 Å². The topological polar surface area (TPSA) is 56.2 Å². The van der Waals surface area contributed by atoms with Gasteiger partial charge in [-0.2, -0.15) is 5.10 Å². The van der Waals surface area contributed by atoms with Crippen LogP contribution in [-0.2, 0) is 0 Å². The first kappa shape index (κ1) is 13.6. The maximum absolute atomic E-state index is 5.62. The highest BCUT2D eigenvalue weighted by Gasteiger charge is 2.06. The Bertz CT molecular complexity index is 570. The maximum atomic E-state index is 5.62. The molecule has 0 aliphatic rings. The summed E-state index contributed by atoms with van der Waals surface area (Å²) in [5.41, 5.74) is 8.63. The molecule has 5 heteroatoms. The molecular weight excluding hydrogens is 256 g/mol. The highest BCUT2D eigenvalue weighted by molar-refractivity contribution is 8.08. The predicted molar refractivity (Wildman–Crippen MR) is 82.4 cm³/mol. The summed E-state index contributed by atoms with van der Waals surface area (Å²) in [6.07, 6.45) is 3.67. The molecule has 0 spiro atoms. The summed E-state index contributed by atoms with van der Waals surface area (Å²) in [7, 11) is 0. The van der Waals surface area contributed by atoms with Crippen LogP contribution >= 0.6 is 11.8 Å². The van der Waals surface area contributed by atoms with E-state index in [0.717, 1.165) is 21.9 Å². The fourth-order valence-corrected chi connectivity index (χ4v) is 2.48. The molecule has 0 radical (unpaired) electrons. The van der Waals surface area contributed by atoms with Gasteiger partial charge < -0.3 is 5.73 Å². The summed E-state index contributed by atoms with van der Waals surface area (Å²) in [5.74, 6) is 0.517. The van der Waals surface area contributed by atoms with Gasteiger partial charge in [-0.05, 0) is 37.4 Å². The van der Waals surface area contributed by atoms with E-state index in [2.05, 4.69) is 16.8 Å². The fraction of sp³-hybridized carbons (Fsp3) is 0.143. The predicted octanol–water partition coefficient (Wildman–Crippen LogP) is 2.91. The Morgan fingerprint density at radius 3 is 2.68 bits per heavy atom. The Balaban J connectivity index is 2.33. The van der Waals surface area contributed by atoms with Gasteiger partial charge >= 0.3 is 0 Å². The first-order chi connectivity index (χ1) is 9.26. The van der Waals surface area contributed by atoms with E-state index in [1.54, 1.807) is 18.0 Å². The molecule has 19 heavy (non-hydrogen) atoms. The quantitative estimate of drug-likeness (QED) is 0.672. The third-order valence-corrected chi connectivity index (χ3v) is 3.68. The van der Waals surface area contributed by atoms with Crippen molar-refractivity contribution in [3.05, 3.63) is 54.0 Å². The zero-order valence-electron chi connectivity index (χ0n) is 10.8. The van der Waals surface area contributed by atoms with E-state index in [-0.39, 0.29) is 0 Å². The number of nitrogens with zero attached hydrogens (tertiary/aromatic N) is 3. The molecule has 0 aliphatic carbocycles. The summed E-state index contributed by atoms with van der Waals surface area (Å²) < 4.78 is 1.82. The molecule has 1 aromatic heterocycles. The number of hydrogen-bond acceptors (Lipinski definition) is 4. The van der Waals surface area contributed by atoms with E-state index in [4.69, 9.17) is 5.73 Å². The van der Waals surface area contributed by atoms with Crippen molar-refractivity contribution in [3.63, 3.8) is 0 Å². The van der Waals surface area contributed by atoms with Crippen LogP contribution in [0.25, 0.3) is 10.6 Å². The number of aromatic nitrogens is 2. The SMILES string of the molecule is C=N/C(C)=C(\SCN)c1ccc(-n2cccn2)cc1. The number of thioether (sulfide) groups is 1. The van der Waals surface area contributed by atoms with Gasteiger partial charge in [0.25, 0.3) is 0 Å². The number of nitrogens with two attached hydrogens (primary N) is 1. The van der Waals surface area contributed by atoms with E-state index in [1.807, 2.05) is 48.1 Å². The van der Waals surface area contributed by atoms with Crippen LogP contribution in [0.5, 0.6) is 0 Å². The normalized spacial score (nSPS) is 12.1. The molecule has 0 atom stereocenters. The van der Waals surface area contributed by atoms with Crippen molar-refractivity contribution >= 4 is 23.4 Å². The van der Waals surface area contributed by atoms with Crippen LogP contribution in [0.3, 0.4) is 0 Å². The second-order valence-electron chi connectivity index (χ2n) is 3.88. The minimum absolute atomic E-state index is 0.517. The highest BCUT2D eigenvalue weighted by Crippen LogP contribution is 2.30. The van der Waals surface area contributed by atoms with Crippen LogP contribution < -0.4 is 5.73 Å². The number of rotatable bonds is 5. The van der Waals surface area contributed by atoms with Crippen LogP contribution in [0.2, 0.25) is 0 Å². The summed E-state index contributed by atoms with van der Waals surface area (Å²) in [6.45, 7) is 5.51. The molecule has 2 aromatic rings. The Morgan fingerprint density at radius 2 is 2.16 bits per heavy atom. The summed E-state index contributed by atoms with van der Waals surface area (Å²) in [6, 6.07) is 10.0. The van der Waals surface area contributed by atoms with E-state index >= 15 is 0 Å². The van der Waals surface area contributed by atoms with E-state index in [9.17, 15) is 0 Å². The average Bonchev–Trinajstić information content (AvgIpc) is 2.98. The lowest BCUT2D eigenvalue weighted by Crippen LogP contribution is -1.96. The summed E-state index contributed by atoms with van der Waals surface area (Å²) in [4.78, 5) is 5.05. The van der Waals surface area contributed by atoms with Crippen LogP contribution in [0.15, 0.2) is 53.4 Å². The molecule has 1 aromatic carbocycles. The van der Waals surface area contributed by atoms with Gasteiger partial charge in [-0.15, -0.1) is 11.8 Å². The second kappa shape index (κ2) is 6.36. The Kier molecular flexibility index (Phi) is 4.54. The average molecular weight is 272 g/mol. The van der Waals surface area contributed by atoms with Crippen molar-refractivity contribution in [2.45, 2.75) is 6.92 Å². The molecule has 2 rings (SSSR count). The molecule has 0 bridgehead atoms. The zero-order valence-corrected chi connectivity index (χ0v) is 11.6. The number of hydrogen-bond donors (Lipinski definition) is 1. The molecule has 2 N–H and O–H groups in total. The number of allylic oxidation sites excluding steroid dienone is 1. The van der Waals surface area contributed by atoms with Gasteiger partial charge in [-0.3, -0.25) is 4.99 Å². The Morgan fingerprint density at radius 1 is 1.42 bits per heavy atom. The van der Waals surface area contributed by atoms with Gasteiger partial charge in [-0.1, -0.05) is 12.1 Å². The lowest BCUT2D eigenvalue weighted by molar-refractivity contribution is 0.880. The smallest absolute Gasteiger partial charge is 0.0645 e. The van der Waals surface area contributed by atoms with Crippen molar-refractivity contribution in [1.82, 2.24) is 9.78 Å².